The first-order chi connectivity index (χ1) is 24.5. The van der Waals surface area contributed by atoms with Crippen LogP contribution < -0.4 is 33.2 Å². The summed E-state index contributed by atoms with van der Waals surface area (Å²) in [5, 5.41) is 31.9. The zero-order valence-corrected chi connectivity index (χ0v) is 29.9. The van der Waals surface area contributed by atoms with E-state index in [2.05, 4.69) is 13.8 Å². The Hall–Kier alpha value is -4.84. The van der Waals surface area contributed by atoms with E-state index in [0.717, 1.165) is 11.1 Å². The molecule has 4 aromatic rings. The van der Waals surface area contributed by atoms with Crippen molar-refractivity contribution in [3.63, 3.8) is 0 Å². The normalized spacial score (nSPS) is 21.7. The standard InChI is InChI=1S/C40H46O11/c1-21-22(2)40(29-12-11-28(19-33(29)44-5)49-23(3)37(42)25-8-13-30(41)34(16-25)45-6)51-39(21)27-10-15-32(35(18-27)46-7)50-24(4)38(43)26-9-14-31-36(17-26)48-20-47-31/h8-19,21-24,37-43H,20H2,1-7H3/t21-,22-,23-,24-,37+,38+,39+,40+/m1/s1. The Morgan fingerprint density at radius 3 is 2.00 bits per heavy atom. The third-order valence-corrected chi connectivity index (χ3v) is 9.91. The van der Waals surface area contributed by atoms with Gasteiger partial charge in [0.05, 0.1) is 33.5 Å². The van der Waals surface area contributed by atoms with Crippen molar-refractivity contribution in [1.29, 1.82) is 0 Å². The number of phenolic OH excluding ortho intramolecular Hbond substituents is 1. The van der Waals surface area contributed by atoms with Gasteiger partial charge < -0.3 is 53.2 Å². The molecule has 2 heterocycles. The van der Waals surface area contributed by atoms with Crippen molar-refractivity contribution in [1.82, 2.24) is 0 Å². The summed E-state index contributed by atoms with van der Waals surface area (Å²) in [5.41, 5.74) is 3.05. The molecule has 6 rings (SSSR count). The van der Waals surface area contributed by atoms with Crippen LogP contribution >= 0.6 is 0 Å². The summed E-state index contributed by atoms with van der Waals surface area (Å²) in [6, 6.07) is 21.4. The van der Waals surface area contributed by atoms with E-state index >= 15 is 0 Å². The Morgan fingerprint density at radius 2 is 1.27 bits per heavy atom. The lowest BCUT2D eigenvalue weighted by atomic mass is 9.85. The van der Waals surface area contributed by atoms with E-state index in [1.165, 1.54) is 13.2 Å². The van der Waals surface area contributed by atoms with Gasteiger partial charge in [0.25, 0.3) is 0 Å². The third kappa shape index (κ3) is 7.33. The van der Waals surface area contributed by atoms with Crippen LogP contribution in [0.4, 0.5) is 0 Å². The summed E-state index contributed by atoms with van der Waals surface area (Å²) in [7, 11) is 4.65. The van der Waals surface area contributed by atoms with Gasteiger partial charge in [-0.3, -0.25) is 0 Å². The predicted octanol–water partition coefficient (Wildman–Crippen LogP) is 7.23. The van der Waals surface area contributed by atoms with Gasteiger partial charge in [0.1, 0.15) is 35.9 Å². The van der Waals surface area contributed by atoms with Crippen molar-refractivity contribution in [2.24, 2.45) is 11.8 Å². The maximum Gasteiger partial charge on any atom is 0.231 e. The molecule has 0 unspecified atom stereocenters. The van der Waals surface area contributed by atoms with E-state index in [1.807, 2.05) is 30.3 Å². The highest BCUT2D eigenvalue weighted by Crippen LogP contribution is 2.52. The Kier molecular flexibility index (Phi) is 10.7. The second-order valence-corrected chi connectivity index (χ2v) is 13.1. The molecule has 0 radical (unpaired) electrons. The van der Waals surface area contributed by atoms with Crippen LogP contribution in [0.5, 0.6) is 46.0 Å². The van der Waals surface area contributed by atoms with Crippen molar-refractivity contribution in [2.45, 2.75) is 64.3 Å². The van der Waals surface area contributed by atoms with E-state index in [-0.39, 0.29) is 42.3 Å². The SMILES string of the molecule is COc1cc([C@@H](O)[C@@H](C)Oc2ccc([C@H]3O[C@H](c4ccc(O[C@H](C)[C@H](O)c5ccc6c(c5)OCO6)c(OC)c4)[C@H](C)[C@H]3C)c(OC)c2)ccc1O. The van der Waals surface area contributed by atoms with Gasteiger partial charge in [-0.25, -0.2) is 0 Å². The summed E-state index contributed by atoms with van der Waals surface area (Å²) in [6.07, 6.45) is -3.58. The molecular formula is C40H46O11. The number of aliphatic hydroxyl groups excluding tert-OH is 2. The molecule has 0 amide bonds. The number of hydrogen-bond acceptors (Lipinski definition) is 11. The number of rotatable bonds is 13. The first-order valence-corrected chi connectivity index (χ1v) is 17.0. The molecule has 1 saturated heterocycles. The number of ether oxygens (including phenoxy) is 8. The molecule has 1 fully saturated rings. The van der Waals surface area contributed by atoms with Crippen LogP contribution in [0.2, 0.25) is 0 Å². The summed E-state index contributed by atoms with van der Waals surface area (Å²) in [5.74, 6) is 3.98. The minimum absolute atomic E-state index is 0.00675. The van der Waals surface area contributed by atoms with Crippen LogP contribution in [-0.2, 0) is 4.74 Å². The van der Waals surface area contributed by atoms with Crippen LogP contribution in [0.25, 0.3) is 0 Å². The fourth-order valence-electron chi connectivity index (χ4n) is 6.72. The summed E-state index contributed by atoms with van der Waals surface area (Å²) < 4.78 is 46.7. The van der Waals surface area contributed by atoms with Gasteiger partial charge in [0.2, 0.25) is 6.79 Å². The largest absolute Gasteiger partial charge is 0.504 e. The zero-order valence-electron chi connectivity index (χ0n) is 29.9. The van der Waals surface area contributed by atoms with Crippen LogP contribution in [-0.4, -0.2) is 55.6 Å². The number of aliphatic hydroxyl groups is 2. The molecule has 2 aliphatic rings. The van der Waals surface area contributed by atoms with Gasteiger partial charge in [-0.2, -0.15) is 0 Å². The molecule has 272 valence electrons. The quantitative estimate of drug-likeness (QED) is 0.130. The minimum atomic E-state index is -0.970. The lowest BCUT2D eigenvalue weighted by Gasteiger charge is -2.24. The van der Waals surface area contributed by atoms with E-state index in [9.17, 15) is 15.3 Å². The average molecular weight is 703 g/mol. The molecule has 8 atom stereocenters. The molecule has 3 N–H and O–H groups in total. The fourth-order valence-corrected chi connectivity index (χ4v) is 6.72. The second kappa shape index (κ2) is 15.2. The summed E-state index contributed by atoms with van der Waals surface area (Å²) in [6.45, 7) is 8.06. The van der Waals surface area contributed by atoms with E-state index < -0.39 is 24.4 Å². The fraction of sp³-hybridized carbons (Fsp3) is 0.400. The lowest BCUT2D eigenvalue weighted by Crippen LogP contribution is -2.22. The molecule has 0 bridgehead atoms. The number of methoxy groups -OCH3 is 3. The molecule has 0 aromatic heterocycles. The monoisotopic (exact) mass is 702 g/mol. The van der Waals surface area contributed by atoms with Gasteiger partial charge in [-0.15, -0.1) is 0 Å². The van der Waals surface area contributed by atoms with Crippen molar-refractivity contribution >= 4 is 0 Å². The van der Waals surface area contributed by atoms with Crippen LogP contribution in [0, 0.1) is 11.8 Å². The first kappa shape index (κ1) is 36.0. The van der Waals surface area contributed by atoms with Crippen molar-refractivity contribution in [2.75, 3.05) is 28.1 Å². The van der Waals surface area contributed by atoms with Crippen molar-refractivity contribution in [3.05, 3.63) is 95.1 Å². The molecule has 11 heteroatoms. The van der Waals surface area contributed by atoms with E-state index in [4.69, 9.17) is 37.9 Å². The lowest BCUT2D eigenvalue weighted by molar-refractivity contribution is 0.0271. The second-order valence-electron chi connectivity index (χ2n) is 13.1. The van der Waals surface area contributed by atoms with Crippen molar-refractivity contribution < 1.29 is 53.2 Å². The van der Waals surface area contributed by atoms with Crippen LogP contribution in [0.3, 0.4) is 0 Å². The van der Waals surface area contributed by atoms with E-state index in [1.54, 1.807) is 64.5 Å². The van der Waals surface area contributed by atoms with Gasteiger partial charge in [-0.1, -0.05) is 32.0 Å². The molecule has 2 aliphatic heterocycles. The van der Waals surface area contributed by atoms with Gasteiger partial charge in [-0.05, 0) is 90.9 Å². The Bertz CT molecular complexity index is 1830. The first-order valence-electron chi connectivity index (χ1n) is 17.0. The topological polar surface area (TPSA) is 135 Å². The van der Waals surface area contributed by atoms with Gasteiger partial charge in [0.15, 0.2) is 34.5 Å². The zero-order chi connectivity index (χ0) is 36.4. The highest BCUT2D eigenvalue weighted by molar-refractivity contribution is 5.48. The number of hydrogen-bond donors (Lipinski definition) is 3. The Morgan fingerprint density at radius 1 is 0.627 bits per heavy atom. The maximum absolute atomic E-state index is 11.1. The van der Waals surface area contributed by atoms with Gasteiger partial charge >= 0.3 is 0 Å². The summed E-state index contributed by atoms with van der Waals surface area (Å²) >= 11 is 0. The van der Waals surface area contributed by atoms with Crippen LogP contribution in [0.1, 0.15) is 74.4 Å². The number of phenols is 1. The van der Waals surface area contributed by atoms with Crippen molar-refractivity contribution in [3.8, 4) is 46.0 Å². The van der Waals surface area contributed by atoms with E-state index in [0.29, 0.717) is 45.6 Å². The predicted molar refractivity (Wildman–Crippen MR) is 188 cm³/mol. The minimum Gasteiger partial charge on any atom is -0.504 e. The maximum atomic E-state index is 11.1. The Balaban J connectivity index is 1.14. The molecule has 0 saturated carbocycles. The highest BCUT2D eigenvalue weighted by atomic mass is 16.7. The molecule has 0 spiro atoms. The van der Waals surface area contributed by atoms with Crippen LogP contribution in [0.15, 0.2) is 72.8 Å². The average Bonchev–Trinajstić information content (AvgIpc) is 3.74. The number of aromatic hydroxyl groups is 1. The Labute approximate surface area is 298 Å². The number of benzene rings is 4. The molecule has 4 aromatic carbocycles. The number of fused-ring (bicyclic) bond motifs is 1. The molecule has 11 nitrogen and oxygen atoms in total. The van der Waals surface area contributed by atoms with Gasteiger partial charge in [0, 0.05) is 11.6 Å². The molecule has 51 heavy (non-hydrogen) atoms. The smallest absolute Gasteiger partial charge is 0.231 e. The molecular weight excluding hydrogens is 656 g/mol. The molecule has 0 aliphatic carbocycles. The third-order valence-electron chi connectivity index (χ3n) is 9.91. The highest BCUT2D eigenvalue weighted by Gasteiger charge is 2.42. The summed E-state index contributed by atoms with van der Waals surface area (Å²) in [4.78, 5) is 0.